The molecule has 0 aromatic carbocycles. The van der Waals surface area contributed by atoms with Crippen molar-refractivity contribution in [3.8, 4) is 0 Å². The summed E-state index contributed by atoms with van der Waals surface area (Å²) in [7, 11) is 0. The van der Waals surface area contributed by atoms with Gasteiger partial charge in [-0.15, -0.1) is 0 Å². The highest BCUT2D eigenvalue weighted by molar-refractivity contribution is 5.43. The fourth-order valence-corrected chi connectivity index (χ4v) is 2.30. The van der Waals surface area contributed by atoms with E-state index >= 15 is 0 Å². The molecule has 0 radical (unpaired) electrons. The maximum absolute atomic E-state index is 13.9. The van der Waals surface area contributed by atoms with Gasteiger partial charge in [0.1, 0.15) is 12.1 Å². The predicted molar refractivity (Wildman–Crippen MR) is 81.3 cm³/mol. The number of nitrogens with zero attached hydrogens (tertiary/aromatic N) is 4. The van der Waals surface area contributed by atoms with Gasteiger partial charge in [-0.25, -0.2) is 19.3 Å². The molecular formula is C15H18FN5O. The molecular weight excluding hydrogens is 285 g/mol. The Kier molecular flexibility index (Phi) is 4.43. The second-order valence-corrected chi connectivity index (χ2v) is 5.10. The second-order valence-electron chi connectivity index (χ2n) is 5.10. The number of halogens is 1. The van der Waals surface area contributed by atoms with Gasteiger partial charge in [0.15, 0.2) is 11.6 Å². The highest BCUT2D eigenvalue weighted by atomic mass is 19.1. The van der Waals surface area contributed by atoms with E-state index in [1.54, 1.807) is 13.1 Å². The van der Waals surface area contributed by atoms with Gasteiger partial charge in [0, 0.05) is 25.8 Å². The topological polar surface area (TPSA) is 63.2 Å². The molecule has 1 fully saturated rings. The van der Waals surface area contributed by atoms with Crippen molar-refractivity contribution in [2.45, 2.75) is 13.5 Å². The van der Waals surface area contributed by atoms with Gasteiger partial charge in [0.2, 0.25) is 0 Å². The van der Waals surface area contributed by atoms with Crippen molar-refractivity contribution in [2.24, 2.45) is 0 Å². The van der Waals surface area contributed by atoms with E-state index in [1.165, 1.54) is 6.33 Å². The van der Waals surface area contributed by atoms with E-state index < -0.39 is 5.82 Å². The molecule has 1 saturated heterocycles. The molecule has 0 bridgehead atoms. The van der Waals surface area contributed by atoms with E-state index in [2.05, 4.69) is 25.2 Å². The van der Waals surface area contributed by atoms with E-state index in [0.29, 0.717) is 12.2 Å². The average Bonchev–Trinajstić information content (AvgIpc) is 2.57. The van der Waals surface area contributed by atoms with Crippen LogP contribution in [0.2, 0.25) is 0 Å². The molecule has 2 aromatic heterocycles. The molecule has 0 atom stereocenters. The van der Waals surface area contributed by atoms with Gasteiger partial charge >= 0.3 is 0 Å². The number of aromatic nitrogens is 3. The Hall–Kier alpha value is -2.28. The predicted octanol–water partition coefficient (Wildman–Crippen LogP) is 1.77. The number of hydrogen-bond donors (Lipinski definition) is 1. The summed E-state index contributed by atoms with van der Waals surface area (Å²) in [5.74, 6) is 0.726. The highest BCUT2D eigenvalue weighted by Gasteiger charge is 2.13. The van der Waals surface area contributed by atoms with Crippen LogP contribution in [-0.4, -0.2) is 41.3 Å². The number of nitrogens with one attached hydrogen (secondary N) is 1. The molecule has 7 heteroatoms. The Bertz CT molecular complexity index is 646. The standard InChI is InChI=1S/C15H18FN5O/c1-11-14(16)15(20-10-19-11)18-9-12-2-3-17-13(8-12)21-4-6-22-7-5-21/h2-3,8,10H,4-7,9H2,1H3,(H,18,19,20). The van der Waals surface area contributed by atoms with Gasteiger partial charge in [-0.05, 0) is 24.6 Å². The fraction of sp³-hybridized carbons (Fsp3) is 0.400. The molecule has 116 valence electrons. The zero-order valence-corrected chi connectivity index (χ0v) is 12.4. The molecule has 3 rings (SSSR count). The Morgan fingerprint density at radius 2 is 2.09 bits per heavy atom. The fourth-order valence-electron chi connectivity index (χ4n) is 2.30. The molecule has 0 amide bonds. The van der Waals surface area contributed by atoms with Crippen LogP contribution in [0.25, 0.3) is 0 Å². The lowest BCUT2D eigenvalue weighted by molar-refractivity contribution is 0.122. The molecule has 0 unspecified atom stereocenters. The Morgan fingerprint density at radius 3 is 2.91 bits per heavy atom. The van der Waals surface area contributed by atoms with E-state index in [-0.39, 0.29) is 5.82 Å². The quantitative estimate of drug-likeness (QED) is 0.929. The van der Waals surface area contributed by atoms with Gasteiger partial charge in [0.05, 0.1) is 18.9 Å². The third kappa shape index (κ3) is 3.30. The van der Waals surface area contributed by atoms with Crippen molar-refractivity contribution >= 4 is 11.6 Å². The summed E-state index contributed by atoms with van der Waals surface area (Å²) in [6.07, 6.45) is 3.12. The molecule has 1 aliphatic rings. The van der Waals surface area contributed by atoms with Crippen molar-refractivity contribution in [3.63, 3.8) is 0 Å². The van der Waals surface area contributed by atoms with Crippen LogP contribution in [0.15, 0.2) is 24.7 Å². The molecule has 22 heavy (non-hydrogen) atoms. The molecule has 3 heterocycles. The van der Waals surface area contributed by atoms with Crippen molar-refractivity contribution < 1.29 is 9.13 Å². The highest BCUT2D eigenvalue weighted by Crippen LogP contribution is 2.16. The lowest BCUT2D eigenvalue weighted by Gasteiger charge is -2.28. The van der Waals surface area contributed by atoms with Crippen LogP contribution in [0.5, 0.6) is 0 Å². The van der Waals surface area contributed by atoms with Crippen molar-refractivity contribution in [1.29, 1.82) is 0 Å². The van der Waals surface area contributed by atoms with Gasteiger partial charge in [-0.1, -0.05) is 0 Å². The van der Waals surface area contributed by atoms with E-state index in [0.717, 1.165) is 37.7 Å². The summed E-state index contributed by atoms with van der Waals surface area (Å²) < 4.78 is 19.2. The van der Waals surface area contributed by atoms with Crippen molar-refractivity contribution in [1.82, 2.24) is 15.0 Å². The summed E-state index contributed by atoms with van der Waals surface area (Å²) in [6.45, 7) is 5.21. The number of anilines is 2. The summed E-state index contributed by atoms with van der Waals surface area (Å²) in [5, 5.41) is 3.00. The number of aryl methyl sites for hydroxylation is 1. The van der Waals surface area contributed by atoms with E-state index in [1.807, 2.05) is 12.1 Å². The third-order valence-electron chi connectivity index (χ3n) is 3.57. The zero-order chi connectivity index (χ0) is 15.4. The SMILES string of the molecule is Cc1ncnc(NCc2ccnc(N3CCOCC3)c2)c1F. The van der Waals surface area contributed by atoms with Crippen LogP contribution < -0.4 is 10.2 Å². The number of ether oxygens (including phenoxy) is 1. The molecule has 0 aliphatic carbocycles. The zero-order valence-electron chi connectivity index (χ0n) is 12.4. The van der Waals surface area contributed by atoms with Gasteiger partial charge < -0.3 is 15.0 Å². The first-order valence-electron chi connectivity index (χ1n) is 7.22. The molecule has 2 aromatic rings. The maximum atomic E-state index is 13.9. The third-order valence-corrected chi connectivity index (χ3v) is 3.57. The Balaban J connectivity index is 1.69. The first-order chi connectivity index (χ1) is 10.7. The normalized spacial score (nSPS) is 14.9. The van der Waals surface area contributed by atoms with Gasteiger partial charge in [-0.3, -0.25) is 0 Å². The van der Waals surface area contributed by atoms with Crippen molar-refractivity contribution in [2.75, 3.05) is 36.5 Å². The largest absolute Gasteiger partial charge is 0.378 e. The summed E-state index contributed by atoms with van der Waals surface area (Å²) in [4.78, 5) is 14.3. The number of pyridine rings is 1. The number of hydrogen-bond acceptors (Lipinski definition) is 6. The van der Waals surface area contributed by atoms with Crippen molar-refractivity contribution in [3.05, 3.63) is 41.7 Å². The summed E-state index contributed by atoms with van der Waals surface area (Å²) in [6, 6.07) is 3.91. The van der Waals surface area contributed by atoms with Gasteiger partial charge in [0.25, 0.3) is 0 Å². The smallest absolute Gasteiger partial charge is 0.186 e. The molecule has 0 spiro atoms. The van der Waals surface area contributed by atoms with Crippen LogP contribution in [0.4, 0.5) is 16.0 Å². The average molecular weight is 303 g/mol. The monoisotopic (exact) mass is 303 g/mol. The summed E-state index contributed by atoms with van der Waals surface area (Å²) >= 11 is 0. The lowest BCUT2D eigenvalue weighted by Crippen LogP contribution is -2.36. The van der Waals surface area contributed by atoms with Crippen LogP contribution in [-0.2, 0) is 11.3 Å². The minimum absolute atomic E-state index is 0.220. The Morgan fingerprint density at radius 1 is 1.27 bits per heavy atom. The molecule has 1 N–H and O–H groups in total. The van der Waals surface area contributed by atoms with Crippen LogP contribution in [0.1, 0.15) is 11.3 Å². The number of morpholine rings is 1. The van der Waals surface area contributed by atoms with Crippen LogP contribution in [0, 0.1) is 12.7 Å². The lowest BCUT2D eigenvalue weighted by atomic mass is 10.2. The molecule has 6 nitrogen and oxygen atoms in total. The second kappa shape index (κ2) is 6.65. The maximum Gasteiger partial charge on any atom is 0.186 e. The number of rotatable bonds is 4. The van der Waals surface area contributed by atoms with Gasteiger partial charge in [-0.2, -0.15) is 0 Å². The first-order valence-corrected chi connectivity index (χ1v) is 7.22. The molecule has 1 aliphatic heterocycles. The molecule has 0 saturated carbocycles. The Labute approximate surface area is 128 Å². The first kappa shape index (κ1) is 14.6. The van der Waals surface area contributed by atoms with Crippen LogP contribution >= 0.6 is 0 Å². The van der Waals surface area contributed by atoms with Crippen LogP contribution in [0.3, 0.4) is 0 Å². The summed E-state index contributed by atoms with van der Waals surface area (Å²) in [5.41, 5.74) is 1.35. The van der Waals surface area contributed by atoms with E-state index in [9.17, 15) is 4.39 Å². The van der Waals surface area contributed by atoms with E-state index in [4.69, 9.17) is 4.74 Å². The minimum atomic E-state index is -0.412. The minimum Gasteiger partial charge on any atom is -0.378 e.